The molecule has 3 atom stereocenters. The maximum Gasteiger partial charge on any atom is 0.509 e. The maximum atomic E-state index is 13.3. The number of hydrogen-bond donors (Lipinski definition) is 2. The molecule has 1 unspecified atom stereocenters. The van der Waals surface area contributed by atoms with Gasteiger partial charge in [0.1, 0.15) is 18.1 Å². The van der Waals surface area contributed by atoms with Crippen LogP contribution in [0.2, 0.25) is 5.02 Å². The molecule has 306 valence electrons. The number of alkyl carbamates (subject to hydrolysis) is 1. The fraction of sp³-hybridized carbons (Fsp3) is 0.359. The van der Waals surface area contributed by atoms with Crippen molar-refractivity contribution in [1.29, 1.82) is 0 Å². The van der Waals surface area contributed by atoms with Gasteiger partial charge in [0.05, 0.1) is 13.2 Å². The number of anilines is 3. The number of methoxy groups -OCH3 is 1. The second kappa shape index (κ2) is 17.2. The molecule has 1 amide bonds. The fourth-order valence-electron chi connectivity index (χ4n) is 7.52. The molecule has 19 heteroatoms. The number of nitrogens with zero attached hydrogens (tertiary/aromatic N) is 5. The number of carboxylic acid groups (broad SMARTS) is 1. The van der Waals surface area contributed by atoms with Crippen LogP contribution in [0.1, 0.15) is 29.2 Å². The van der Waals surface area contributed by atoms with Gasteiger partial charge in [-0.25, -0.2) is 19.4 Å². The molecule has 8 rings (SSSR count). The monoisotopic (exact) mass is 842 g/mol. The number of piperazine rings is 1. The summed E-state index contributed by atoms with van der Waals surface area (Å²) in [5.74, 6) is -1.43. The van der Waals surface area contributed by atoms with Gasteiger partial charge in [0.15, 0.2) is 12.0 Å². The van der Waals surface area contributed by atoms with Gasteiger partial charge in [0.25, 0.3) is 0 Å². The molecule has 0 saturated carbocycles. The van der Waals surface area contributed by atoms with Crippen LogP contribution in [-0.2, 0) is 36.6 Å². The lowest BCUT2D eigenvalue weighted by atomic mass is 9.98. The number of amides is 1. The van der Waals surface area contributed by atoms with Crippen LogP contribution in [0.25, 0.3) is 11.1 Å². The zero-order valence-corrected chi connectivity index (χ0v) is 32.6. The van der Waals surface area contributed by atoms with Gasteiger partial charge in [-0.3, -0.25) is 0 Å². The van der Waals surface area contributed by atoms with Crippen molar-refractivity contribution in [1.82, 2.24) is 15.3 Å². The number of ether oxygens (including phenoxy) is 3. The molecule has 1 aromatic heterocycles. The number of fused-ring (bicyclic) bond motifs is 4. The second-order valence-corrected chi connectivity index (χ2v) is 15.7. The van der Waals surface area contributed by atoms with Gasteiger partial charge in [0, 0.05) is 62.2 Å². The van der Waals surface area contributed by atoms with E-state index in [1.54, 1.807) is 4.90 Å². The Balaban J connectivity index is 0.000000672. The van der Waals surface area contributed by atoms with E-state index < -0.39 is 47.8 Å². The first-order valence-electron chi connectivity index (χ1n) is 18.3. The van der Waals surface area contributed by atoms with Crippen LogP contribution in [0.15, 0.2) is 77.7 Å². The van der Waals surface area contributed by atoms with Gasteiger partial charge >= 0.3 is 24.4 Å². The number of hydrogen-bond acceptors (Lipinski definition) is 12. The molecule has 0 bridgehead atoms. The average molecular weight is 843 g/mol. The van der Waals surface area contributed by atoms with E-state index in [1.807, 2.05) is 48.5 Å². The summed E-state index contributed by atoms with van der Waals surface area (Å²) >= 11 is 4.77. The first kappa shape index (κ1) is 40.7. The van der Waals surface area contributed by atoms with Crippen LogP contribution in [0.5, 0.6) is 0 Å². The third-order valence-corrected chi connectivity index (χ3v) is 11.9. The first-order chi connectivity index (χ1) is 27.8. The first-order valence-corrected chi connectivity index (χ1v) is 20.0. The minimum Gasteiger partial charge on any atom is -0.611 e. The lowest BCUT2D eigenvalue weighted by Crippen LogP contribution is -2.47. The van der Waals surface area contributed by atoms with E-state index in [9.17, 15) is 27.3 Å². The van der Waals surface area contributed by atoms with E-state index in [-0.39, 0.29) is 25.5 Å². The van der Waals surface area contributed by atoms with Crippen molar-refractivity contribution >= 4 is 58.4 Å². The van der Waals surface area contributed by atoms with Crippen molar-refractivity contribution in [2.75, 3.05) is 66.9 Å². The Labute approximate surface area is 339 Å². The van der Waals surface area contributed by atoms with Crippen molar-refractivity contribution in [2.45, 2.75) is 42.1 Å². The smallest absolute Gasteiger partial charge is 0.509 e. The Kier molecular flexibility index (Phi) is 12.1. The summed E-state index contributed by atoms with van der Waals surface area (Å²) in [5.41, 5.74) is 6.36. The highest BCUT2D eigenvalue weighted by Gasteiger charge is 2.43. The predicted molar refractivity (Wildman–Crippen MR) is 208 cm³/mol. The number of aryl methyl sites for hydroxylation is 1. The molecule has 2 N–H and O–H groups in total. The molecular formula is C39H38ClF3N6O8S. The van der Waals surface area contributed by atoms with E-state index in [1.165, 1.54) is 7.11 Å². The number of rotatable bonds is 7. The molecule has 4 aliphatic rings. The zero-order chi connectivity index (χ0) is 41.1. The number of halogens is 4. The molecule has 0 radical (unpaired) electrons. The van der Waals surface area contributed by atoms with Gasteiger partial charge in [-0.15, -0.1) is 0 Å². The number of alkyl halides is 3. The van der Waals surface area contributed by atoms with E-state index in [0.717, 1.165) is 46.7 Å². The van der Waals surface area contributed by atoms with Crippen LogP contribution in [0, 0.1) is 0 Å². The van der Waals surface area contributed by atoms with Crippen LogP contribution in [0.4, 0.5) is 40.2 Å². The number of nitrogens with one attached hydrogen (secondary N) is 1. The van der Waals surface area contributed by atoms with Crippen LogP contribution >= 0.6 is 11.6 Å². The maximum absolute atomic E-state index is 13.3. The summed E-state index contributed by atoms with van der Waals surface area (Å²) in [6.45, 7) is 3.29. The quantitative estimate of drug-likeness (QED) is 0.165. The van der Waals surface area contributed by atoms with E-state index in [4.69, 9.17) is 45.7 Å². The molecule has 2 saturated heterocycles. The Morgan fingerprint density at radius 1 is 0.948 bits per heavy atom. The third-order valence-electron chi connectivity index (χ3n) is 10.2. The molecule has 4 aromatic rings. The zero-order valence-electron chi connectivity index (χ0n) is 31.0. The van der Waals surface area contributed by atoms with Crippen molar-refractivity contribution in [3.8, 4) is 11.1 Å². The SMILES string of the molecule is COC(=O)O[C@H]1C[C@@H](NC(=O)OCC2c3ccccc3-c3ccccc32)CN1c1nc(N2CCN(c3ccc(Cl)cc3)CC2)nc2c1[S+]([O-])CC2.O=C(O)C(F)(F)F. The largest absolute Gasteiger partial charge is 0.611 e. The van der Waals surface area contributed by atoms with E-state index >= 15 is 0 Å². The second-order valence-electron chi connectivity index (χ2n) is 13.8. The third kappa shape index (κ3) is 8.83. The van der Waals surface area contributed by atoms with Gasteiger partial charge < -0.3 is 43.9 Å². The summed E-state index contributed by atoms with van der Waals surface area (Å²) in [7, 11) is 1.24. The fourth-order valence-corrected chi connectivity index (χ4v) is 9.01. The number of carbonyl (C=O) groups is 3. The minimum atomic E-state index is -5.08. The molecule has 1 aliphatic carbocycles. The molecular weight excluding hydrogens is 805 g/mol. The van der Waals surface area contributed by atoms with Crippen LogP contribution in [0.3, 0.4) is 0 Å². The molecule has 3 aromatic carbocycles. The summed E-state index contributed by atoms with van der Waals surface area (Å²) < 4.78 is 61.4. The van der Waals surface area contributed by atoms with Crippen LogP contribution in [-0.4, -0.2) is 108 Å². The highest BCUT2D eigenvalue weighted by Crippen LogP contribution is 2.44. The van der Waals surface area contributed by atoms with Gasteiger partial charge in [0.2, 0.25) is 10.8 Å². The van der Waals surface area contributed by atoms with E-state index in [2.05, 4.69) is 39.4 Å². The molecule has 0 spiro atoms. The van der Waals surface area contributed by atoms with Crippen molar-refractivity contribution in [3.63, 3.8) is 0 Å². The Morgan fingerprint density at radius 2 is 1.55 bits per heavy atom. The van der Waals surface area contributed by atoms with Gasteiger partial charge in [-0.05, 0) is 57.7 Å². The van der Waals surface area contributed by atoms with Gasteiger partial charge in [-0.2, -0.15) is 18.2 Å². The van der Waals surface area contributed by atoms with Crippen molar-refractivity contribution in [3.05, 3.63) is 94.6 Å². The Hall–Kier alpha value is -5.46. The van der Waals surface area contributed by atoms with Crippen LogP contribution < -0.4 is 20.0 Å². The summed E-state index contributed by atoms with van der Waals surface area (Å²) in [6.07, 6.45) is -6.55. The lowest BCUT2D eigenvalue weighted by molar-refractivity contribution is -0.192. The average Bonchev–Trinajstić information content (AvgIpc) is 3.89. The highest BCUT2D eigenvalue weighted by molar-refractivity contribution is 7.91. The molecule has 4 heterocycles. The predicted octanol–water partition coefficient (Wildman–Crippen LogP) is 5.98. The number of aromatic nitrogens is 2. The molecule has 14 nitrogen and oxygen atoms in total. The minimum absolute atomic E-state index is 0.0799. The van der Waals surface area contributed by atoms with E-state index in [0.29, 0.717) is 46.9 Å². The molecule has 3 aliphatic heterocycles. The summed E-state index contributed by atoms with van der Waals surface area (Å²) in [6, 6.07) is 23.7. The number of benzene rings is 3. The number of carbonyl (C=O) groups excluding carboxylic acids is 2. The van der Waals surface area contributed by atoms with Crippen molar-refractivity contribution in [2.24, 2.45) is 0 Å². The molecule has 2 fully saturated rings. The normalized spacial score (nSPS) is 19.7. The van der Waals surface area contributed by atoms with Gasteiger partial charge in [-0.1, -0.05) is 60.1 Å². The lowest BCUT2D eigenvalue weighted by Gasteiger charge is -2.36. The Morgan fingerprint density at radius 3 is 2.16 bits per heavy atom. The standard InChI is InChI=1S/C37H37ClN6O6S.C2HF3O2/c1-48-37(46)50-32-20-24(39-36(45)49-22-30-28-8-4-2-6-26(28)27-7-3-5-9-29(27)30)21-44(32)34-33-31(14-19-51(33)47)40-35(41-34)43-17-15-42(16-18-43)25-12-10-23(38)11-13-25;3-2(4,5)1(6)7/h2-13,24,30,32H,14-22H2,1H3,(H,39,45);(H,6,7)/t24-,32+,51?;/m1./s1. The Bertz CT molecular complexity index is 2120. The summed E-state index contributed by atoms with van der Waals surface area (Å²) in [4.78, 5) is 51.2. The number of aliphatic carboxylic acids is 1. The topological polar surface area (TPSA) is 170 Å². The number of carboxylic acids is 1. The van der Waals surface area contributed by atoms with Crippen molar-refractivity contribution < 1.29 is 51.4 Å². The summed E-state index contributed by atoms with van der Waals surface area (Å²) in [5, 5.41) is 10.8. The highest BCUT2D eigenvalue weighted by atomic mass is 35.5. The molecule has 58 heavy (non-hydrogen) atoms.